The second kappa shape index (κ2) is 7.31. The average molecular weight is 297 g/mol. The molecular weight excluding hydrogens is 282 g/mol. The van der Waals surface area contributed by atoms with Crippen LogP contribution in [0.25, 0.3) is 0 Å². The molecule has 2 rings (SSSR count). The van der Waals surface area contributed by atoms with Crippen molar-refractivity contribution in [3.8, 4) is 24.5 Å². The van der Waals surface area contributed by atoms with Gasteiger partial charge in [-0.1, -0.05) is 0 Å². The maximum atomic E-state index is 9.36. The maximum Gasteiger partial charge on any atom is 0.264 e. The van der Waals surface area contributed by atoms with Gasteiger partial charge in [-0.2, -0.15) is 10.5 Å². The van der Waals surface area contributed by atoms with E-state index in [0.29, 0.717) is 45.1 Å². The molecular formula is C14H15N7O. The third-order valence-electron chi connectivity index (χ3n) is 3.40. The van der Waals surface area contributed by atoms with E-state index >= 15 is 0 Å². The Balaban J connectivity index is 2.17. The summed E-state index contributed by atoms with van der Waals surface area (Å²) in [6.07, 6.45) is 6.47. The van der Waals surface area contributed by atoms with Crippen LogP contribution in [0.2, 0.25) is 0 Å². The predicted molar refractivity (Wildman–Crippen MR) is 76.2 cm³/mol. The highest BCUT2D eigenvalue weighted by Gasteiger charge is 2.36. The molecule has 8 nitrogen and oxygen atoms in total. The smallest absolute Gasteiger partial charge is 0.264 e. The van der Waals surface area contributed by atoms with Crippen molar-refractivity contribution >= 4 is 5.95 Å². The van der Waals surface area contributed by atoms with Crippen molar-refractivity contribution in [3.05, 3.63) is 5.82 Å². The summed E-state index contributed by atoms with van der Waals surface area (Å²) >= 11 is 0. The molecule has 1 aliphatic rings. The monoisotopic (exact) mass is 297 g/mol. The van der Waals surface area contributed by atoms with Crippen LogP contribution in [0, 0.1) is 35.0 Å². The molecule has 0 saturated carbocycles. The van der Waals surface area contributed by atoms with E-state index in [1.807, 2.05) is 17.0 Å². The Morgan fingerprint density at radius 2 is 1.77 bits per heavy atom. The van der Waals surface area contributed by atoms with Crippen molar-refractivity contribution < 1.29 is 4.74 Å². The van der Waals surface area contributed by atoms with Gasteiger partial charge < -0.3 is 9.64 Å². The Labute approximate surface area is 128 Å². The molecule has 1 aromatic rings. The Morgan fingerprint density at radius 1 is 1.14 bits per heavy atom. The normalized spacial score (nSPS) is 14.7. The van der Waals surface area contributed by atoms with E-state index in [1.54, 1.807) is 0 Å². The number of hydrogen-bond donors (Lipinski definition) is 0. The minimum Gasteiger partial charge on any atom is -0.378 e. The first-order valence-electron chi connectivity index (χ1n) is 6.92. The fourth-order valence-electron chi connectivity index (χ4n) is 2.09. The number of terminal acetylenes is 1. The fraction of sp³-hybridized carbons (Fsp3) is 0.571. The van der Waals surface area contributed by atoms with E-state index in [9.17, 15) is 10.5 Å². The topological polar surface area (TPSA) is 112 Å². The zero-order chi connectivity index (χ0) is 15.8. The second-order valence-electron chi connectivity index (χ2n) is 4.81. The summed E-state index contributed by atoms with van der Waals surface area (Å²) in [6.45, 7) is 2.51. The first kappa shape index (κ1) is 15.6. The van der Waals surface area contributed by atoms with E-state index in [4.69, 9.17) is 11.2 Å². The summed E-state index contributed by atoms with van der Waals surface area (Å²) in [5.41, 5.74) is -1.46. The molecule has 0 radical (unpaired) electrons. The SMILES string of the molecule is C#CCCCC(C#N)(C#N)c1nnc(N2CCOCC2)nn1. The molecule has 22 heavy (non-hydrogen) atoms. The number of unbranched alkanes of at least 4 members (excludes halogenated alkanes) is 1. The Hall–Kier alpha value is -2.76. The van der Waals surface area contributed by atoms with Gasteiger partial charge in [-0.3, -0.25) is 0 Å². The number of morpholine rings is 1. The number of nitriles is 2. The Morgan fingerprint density at radius 3 is 2.32 bits per heavy atom. The summed E-state index contributed by atoms with van der Waals surface area (Å²) in [6, 6.07) is 3.94. The van der Waals surface area contributed by atoms with Crippen LogP contribution in [-0.4, -0.2) is 46.7 Å². The zero-order valence-electron chi connectivity index (χ0n) is 12.1. The van der Waals surface area contributed by atoms with Crippen molar-refractivity contribution in [1.29, 1.82) is 10.5 Å². The van der Waals surface area contributed by atoms with Crippen LogP contribution < -0.4 is 4.90 Å². The van der Waals surface area contributed by atoms with E-state index in [1.165, 1.54) is 0 Å². The molecule has 2 heterocycles. The minimum atomic E-state index is -1.46. The summed E-state index contributed by atoms with van der Waals surface area (Å²) < 4.78 is 5.25. The maximum absolute atomic E-state index is 9.36. The highest BCUT2D eigenvalue weighted by atomic mass is 16.5. The van der Waals surface area contributed by atoms with Crippen LogP contribution in [0.5, 0.6) is 0 Å². The number of anilines is 1. The predicted octanol–water partition coefficient (Wildman–Crippen LogP) is 0.192. The number of hydrogen-bond acceptors (Lipinski definition) is 8. The van der Waals surface area contributed by atoms with Gasteiger partial charge >= 0.3 is 0 Å². The van der Waals surface area contributed by atoms with Crippen LogP contribution in [0.4, 0.5) is 5.95 Å². The van der Waals surface area contributed by atoms with Crippen molar-refractivity contribution in [3.63, 3.8) is 0 Å². The summed E-state index contributed by atoms with van der Waals surface area (Å²) in [5, 5.41) is 34.6. The van der Waals surface area contributed by atoms with Crippen LogP contribution in [0.15, 0.2) is 0 Å². The molecule has 0 spiro atoms. The molecule has 1 aromatic heterocycles. The van der Waals surface area contributed by atoms with E-state index in [0.717, 1.165) is 0 Å². The molecule has 0 aromatic carbocycles. The standard InChI is InChI=1S/C14H15N7O/c1-2-3-4-5-14(10-15,11-16)12-17-19-13(20-18-12)21-6-8-22-9-7-21/h1H,3-9H2. The molecule has 0 bridgehead atoms. The van der Waals surface area contributed by atoms with Gasteiger partial charge in [-0.15, -0.1) is 32.7 Å². The molecule has 8 heteroatoms. The lowest BCUT2D eigenvalue weighted by atomic mass is 9.85. The number of rotatable bonds is 5. The summed E-state index contributed by atoms with van der Waals surface area (Å²) in [7, 11) is 0. The lowest BCUT2D eigenvalue weighted by Gasteiger charge is -2.26. The van der Waals surface area contributed by atoms with Crippen molar-refractivity contribution in [2.24, 2.45) is 0 Å². The Bertz CT molecular complexity index is 603. The Kier molecular flexibility index (Phi) is 5.19. The van der Waals surface area contributed by atoms with E-state index < -0.39 is 5.41 Å². The highest BCUT2D eigenvalue weighted by molar-refractivity contribution is 5.32. The first-order chi connectivity index (χ1) is 10.8. The molecule has 0 atom stereocenters. The van der Waals surface area contributed by atoms with Crippen LogP contribution in [-0.2, 0) is 10.2 Å². The molecule has 112 valence electrons. The van der Waals surface area contributed by atoms with Crippen LogP contribution in [0.1, 0.15) is 25.1 Å². The molecule has 1 aliphatic heterocycles. The fourth-order valence-corrected chi connectivity index (χ4v) is 2.09. The molecule has 0 unspecified atom stereocenters. The van der Waals surface area contributed by atoms with Gasteiger partial charge in [0.05, 0.1) is 25.4 Å². The highest BCUT2D eigenvalue weighted by Crippen LogP contribution is 2.25. The van der Waals surface area contributed by atoms with E-state index in [2.05, 4.69) is 26.3 Å². The molecule has 0 N–H and O–H groups in total. The third-order valence-corrected chi connectivity index (χ3v) is 3.40. The van der Waals surface area contributed by atoms with Gasteiger partial charge in [0.1, 0.15) is 0 Å². The number of nitrogens with zero attached hydrogens (tertiary/aromatic N) is 7. The number of ether oxygens (including phenoxy) is 1. The van der Waals surface area contributed by atoms with Gasteiger partial charge in [0.25, 0.3) is 5.95 Å². The van der Waals surface area contributed by atoms with Gasteiger partial charge in [-0.25, -0.2) is 0 Å². The molecule has 0 aliphatic carbocycles. The van der Waals surface area contributed by atoms with Gasteiger partial charge in [-0.05, 0) is 12.8 Å². The van der Waals surface area contributed by atoms with Gasteiger partial charge in [0, 0.05) is 19.5 Å². The lowest BCUT2D eigenvalue weighted by molar-refractivity contribution is 0.121. The zero-order valence-corrected chi connectivity index (χ0v) is 12.1. The van der Waals surface area contributed by atoms with Crippen molar-refractivity contribution in [2.45, 2.75) is 24.7 Å². The van der Waals surface area contributed by atoms with Crippen LogP contribution in [0.3, 0.4) is 0 Å². The lowest BCUT2D eigenvalue weighted by Crippen LogP contribution is -2.38. The second-order valence-corrected chi connectivity index (χ2v) is 4.81. The quantitative estimate of drug-likeness (QED) is 0.559. The minimum absolute atomic E-state index is 0.0199. The van der Waals surface area contributed by atoms with Crippen molar-refractivity contribution in [2.75, 3.05) is 31.2 Å². The largest absolute Gasteiger partial charge is 0.378 e. The summed E-state index contributed by atoms with van der Waals surface area (Å²) in [4.78, 5) is 1.89. The molecule has 0 amide bonds. The number of aromatic nitrogens is 4. The first-order valence-corrected chi connectivity index (χ1v) is 6.92. The average Bonchev–Trinajstić information content (AvgIpc) is 2.60. The summed E-state index contributed by atoms with van der Waals surface area (Å²) in [5.74, 6) is 2.88. The van der Waals surface area contributed by atoms with Crippen LogP contribution >= 0.6 is 0 Å². The third kappa shape index (κ3) is 3.28. The van der Waals surface area contributed by atoms with E-state index in [-0.39, 0.29) is 12.2 Å². The van der Waals surface area contributed by atoms with Crippen molar-refractivity contribution in [1.82, 2.24) is 20.4 Å². The van der Waals surface area contributed by atoms with Gasteiger partial charge in [0.15, 0.2) is 0 Å². The van der Waals surface area contributed by atoms with Gasteiger partial charge in [0.2, 0.25) is 11.2 Å². The molecule has 1 saturated heterocycles. The molecule has 1 fully saturated rings.